The Morgan fingerprint density at radius 3 is 1.94 bits per heavy atom. The van der Waals surface area contributed by atoms with Crippen molar-refractivity contribution in [1.82, 2.24) is 0 Å². The smallest absolute Gasteiger partial charge is 0.450 e. The van der Waals surface area contributed by atoms with Gasteiger partial charge in [0.2, 0.25) is 5.76 Å². The van der Waals surface area contributed by atoms with E-state index in [4.69, 9.17) is 14.7 Å². The fourth-order valence-corrected chi connectivity index (χ4v) is 0.721. The topological polar surface area (TPSA) is 91.3 Å². The molecule has 0 unspecified atom stereocenters. The fraction of sp³-hybridized carbons (Fsp3) is 0.636. The van der Waals surface area contributed by atoms with Crippen LogP contribution in [0, 0.1) is 0 Å². The van der Waals surface area contributed by atoms with Gasteiger partial charge in [0, 0.05) is 13.8 Å². The molecule has 1 N–H and O–H groups in total. The van der Waals surface area contributed by atoms with Crippen LogP contribution in [0.3, 0.4) is 0 Å². The predicted molar refractivity (Wildman–Crippen MR) is 60.3 cm³/mol. The average Bonchev–Trinajstić information content (AvgIpc) is 2.09. The Hall–Kier alpha value is -1.76. The van der Waals surface area contributed by atoms with Crippen LogP contribution in [0.1, 0.15) is 34.6 Å². The van der Waals surface area contributed by atoms with Crippen molar-refractivity contribution in [3.8, 4) is 0 Å². The minimum absolute atomic E-state index is 0.410. The van der Waals surface area contributed by atoms with Crippen LogP contribution >= 0.6 is 0 Å². The zero-order chi connectivity index (χ0) is 14.6. The van der Waals surface area contributed by atoms with E-state index < -0.39 is 29.3 Å². The molecule has 0 spiro atoms. The monoisotopic (exact) mass is 262 g/mol. The highest BCUT2D eigenvalue weighted by atomic mass is 17.2. The minimum Gasteiger partial charge on any atom is -0.450 e. The Balaban J connectivity index is 4.32. The third-order valence-electron chi connectivity index (χ3n) is 1.29. The fourth-order valence-electron chi connectivity index (χ4n) is 0.721. The number of carboxylic acid groups (broad SMARTS) is 1. The number of hydrogen-bond donors (Lipinski definition) is 1. The summed E-state index contributed by atoms with van der Waals surface area (Å²) in [6.45, 7) is 11.0. The molecular formula is C11H18O7. The van der Waals surface area contributed by atoms with Crippen molar-refractivity contribution < 1.29 is 33.9 Å². The van der Waals surface area contributed by atoms with E-state index in [-0.39, 0.29) is 0 Å². The summed E-state index contributed by atoms with van der Waals surface area (Å²) in [6, 6.07) is 0. The molecule has 18 heavy (non-hydrogen) atoms. The summed E-state index contributed by atoms with van der Waals surface area (Å²) >= 11 is 0. The lowest BCUT2D eigenvalue weighted by Crippen LogP contribution is -2.34. The number of carbonyl (C=O) groups is 2. The van der Waals surface area contributed by atoms with Crippen molar-refractivity contribution >= 4 is 12.1 Å². The van der Waals surface area contributed by atoms with Gasteiger partial charge in [-0.3, -0.25) is 0 Å². The molecule has 0 radical (unpaired) electrons. The van der Waals surface area contributed by atoms with E-state index in [0.29, 0.717) is 0 Å². The van der Waals surface area contributed by atoms with Gasteiger partial charge in [0.15, 0.2) is 0 Å². The first-order valence-electron chi connectivity index (χ1n) is 5.13. The average molecular weight is 262 g/mol. The van der Waals surface area contributed by atoms with Gasteiger partial charge < -0.3 is 19.5 Å². The summed E-state index contributed by atoms with van der Waals surface area (Å²) in [4.78, 5) is 31.3. The quantitative estimate of drug-likeness (QED) is 0.203. The molecule has 0 amide bonds. The molecule has 0 saturated heterocycles. The van der Waals surface area contributed by atoms with Gasteiger partial charge in [0.25, 0.3) is 5.79 Å². The Labute approximate surface area is 105 Å². The Bertz CT molecular complexity index is 338. The third kappa shape index (κ3) is 7.50. The first kappa shape index (κ1) is 16.2. The van der Waals surface area contributed by atoms with Gasteiger partial charge in [0.05, 0.1) is 0 Å². The second-order valence-electron chi connectivity index (χ2n) is 4.86. The molecule has 7 nitrogen and oxygen atoms in total. The van der Waals surface area contributed by atoms with Crippen molar-refractivity contribution in [2.75, 3.05) is 0 Å². The van der Waals surface area contributed by atoms with Crippen LogP contribution in [0.15, 0.2) is 12.3 Å². The van der Waals surface area contributed by atoms with Gasteiger partial charge in [0.1, 0.15) is 5.60 Å². The van der Waals surface area contributed by atoms with Gasteiger partial charge in [-0.15, -0.1) is 0 Å². The maximum Gasteiger partial charge on any atom is 0.509 e. The van der Waals surface area contributed by atoms with E-state index in [1.807, 2.05) is 0 Å². The van der Waals surface area contributed by atoms with Crippen molar-refractivity contribution in [3.63, 3.8) is 0 Å². The lowest BCUT2D eigenvalue weighted by molar-refractivity contribution is -0.322. The molecule has 104 valence electrons. The Kier molecular flexibility index (Phi) is 5.16. The standard InChI is InChI=1S/C11H18O7/c1-7(17-18-10(2,3)4)8(12)15-11(5,6)16-9(13)14/h1H2,2-6H3,(H,13,14). The number of carbonyl (C=O) groups excluding carboxylic acids is 1. The van der Waals surface area contributed by atoms with E-state index in [1.165, 1.54) is 13.8 Å². The van der Waals surface area contributed by atoms with E-state index in [9.17, 15) is 9.59 Å². The molecule has 0 bridgehead atoms. The second-order valence-corrected chi connectivity index (χ2v) is 4.86. The predicted octanol–water partition coefficient (Wildman–Crippen LogP) is 2.22. The zero-order valence-electron chi connectivity index (χ0n) is 11.1. The lowest BCUT2D eigenvalue weighted by atomic mass is 10.2. The van der Waals surface area contributed by atoms with Crippen LogP contribution in [0.4, 0.5) is 4.79 Å². The molecule has 7 heteroatoms. The van der Waals surface area contributed by atoms with Gasteiger partial charge >= 0.3 is 12.1 Å². The number of esters is 1. The summed E-state index contributed by atoms with van der Waals surface area (Å²) < 4.78 is 9.07. The van der Waals surface area contributed by atoms with E-state index in [1.54, 1.807) is 20.8 Å². The van der Waals surface area contributed by atoms with Crippen LogP contribution in [-0.4, -0.2) is 28.6 Å². The first-order chi connectivity index (χ1) is 7.93. The highest BCUT2D eigenvalue weighted by molar-refractivity contribution is 5.85. The highest BCUT2D eigenvalue weighted by Crippen LogP contribution is 2.16. The van der Waals surface area contributed by atoms with Gasteiger partial charge in [-0.05, 0) is 27.4 Å². The molecule has 0 aromatic rings. The van der Waals surface area contributed by atoms with E-state index in [0.717, 1.165) is 0 Å². The number of rotatable bonds is 5. The van der Waals surface area contributed by atoms with Crippen molar-refractivity contribution in [2.45, 2.75) is 46.0 Å². The minimum atomic E-state index is -1.64. The molecule has 0 atom stereocenters. The van der Waals surface area contributed by atoms with Crippen molar-refractivity contribution in [1.29, 1.82) is 0 Å². The highest BCUT2D eigenvalue weighted by Gasteiger charge is 2.30. The van der Waals surface area contributed by atoms with Gasteiger partial charge in [-0.2, -0.15) is 4.89 Å². The Morgan fingerprint density at radius 1 is 1.06 bits per heavy atom. The molecule has 0 fully saturated rings. The van der Waals surface area contributed by atoms with Crippen LogP contribution in [0.5, 0.6) is 0 Å². The van der Waals surface area contributed by atoms with Crippen LogP contribution < -0.4 is 0 Å². The zero-order valence-corrected chi connectivity index (χ0v) is 11.1. The molecule has 0 heterocycles. The van der Waals surface area contributed by atoms with Crippen molar-refractivity contribution in [3.05, 3.63) is 12.3 Å². The third-order valence-corrected chi connectivity index (χ3v) is 1.29. The molecule has 0 saturated carbocycles. The van der Waals surface area contributed by atoms with Crippen LogP contribution in [0.2, 0.25) is 0 Å². The lowest BCUT2D eigenvalue weighted by Gasteiger charge is -2.24. The largest absolute Gasteiger partial charge is 0.509 e. The van der Waals surface area contributed by atoms with Crippen LogP contribution in [0.25, 0.3) is 0 Å². The molecule has 0 aromatic heterocycles. The van der Waals surface area contributed by atoms with E-state index in [2.05, 4.69) is 16.2 Å². The first-order valence-corrected chi connectivity index (χ1v) is 5.13. The normalized spacial score (nSPS) is 11.6. The van der Waals surface area contributed by atoms with Gasteiger partial charge in [-0.1, -0.05) is 0 Å². The summed E-state index contributed by atoms with van der Waals surface area (Å²) in [5, 5.41) is 8.42. The van der Waals surface area contributed by atoms with Crippen LogP contribution in [-0.2, 0) is 24.0 Å². The molecule has 0 aromatic carbocycles. The van der Waals surface area contributed by atoms with E-state index >= 15 is 0 Å². The summed E-state index contributed by atoms with van der Waals surface area (Å²) in [5.41, 5.74) is -0.629. The SMILES string of the molecule is C=C(OOC(C)(C)C)C(=O)OC(C)(C)OC(=O)O. The number of ether oxygens (including phenoxy) is 2. The molecular weight excluding hydrogens is 244 g/mol. The summed E-state index contributed by atoms with van der Waals surface area (Å²) in [5.74, 6) is -3.03. The number of hydrogen-bond acceptors (Lipinski definition) is 6. The summed E-state index contributed by atoms with van der Waals surface area (Å²) in [7, 11) is 0. The van der Waals surface area contributed by atoms with Crippen molar-refractivity contribution in [2.24, 2.45) is 0 Å². The Morgan fingerprint density at radius 2 is 1.56 bits per heavy atom. The second kappa shape index (κ2) is 5.72. The molecule has 0 aliphatic carbocycles. The molecule has 0 rings (SSSR count). The maximum atomic E-state index is 11.5. The maximum absolute atomic E-state index is 11.5. The molecule has 0 aliphatic rings. The molecule has 0 aliphatic heterocycles. The summed E-state index contributed by atoms with van der Waals surface area (Å²) in [6.07, 6.45) is -1.56. The van der Waals surface area contributed by atoms with Gasteiger partial charge in [-0.25, -0.2) is 9.59 Å².